The lowest BCUT2D eigenvalue weighted by Crippen LogP contribution is -2.34. The minimum atomic E-state index is -0.614. The van der Waals surface area contributed by atoms with Crippen molar-refractivity contribution in [2.24, 2.45) is 0 Å². The van der Waals surface area contributed by atoms with E-state index in [9.17, 15) is 9.59 Å². The minimum absolute atomic E-state index is 0.0556. The lowest BCUT2D eigenvalue weighted by atomic mass is 10.1. The normalized spacial score (nSPS) is 16.6. The van der Waals surface area contributed by atoms with E-state index in [0.29, 0.717) is 23.6 Å². The van der Waals surface area contributed by atoms with E-state index in [1.807, 2.05) is 0 Å². The van der Waals surface area contributed by atoms with Crippen LogP contribution in [0.25, 0.3) is 6.08 Å². The fourth-order valence-electron chi connectivity index (χ4n) is 2.40. The predicted octanol–water partition coefficient (Wildman–Crippen LogP) is 1.56. The Morgan fingerprint density at radius 3 is 2.84 bits per heavy atom. The van der Waals surface area contributed by atoms with Gasteiger partial charge in [-0.2, -0.15) is 0 Å². The highest BCUT2D eigenvalue weighted by molar-refractivity contribution is 5.89. The number of carbonyl (C=O) groups excluding carboxylic acids is 2. The van der Waals surface area contributed by atoms with E-state index >= 15 is 0 Å². The van der Waals surface area contributed by atoms with Crippen molar-refractivity contribution in [2.45, 2.75) is 18.9 Å². The zero-order chi connectivity index (χ0) is 18.1. The lowest BCUT2D eigenvalue weighted by Gasteiger charge is -2.10. The van der Waals surface area contributed by atoms with Crippen molar-refractivity contribution in [1.82, 2.24) is 5.32 Å². The molecule has 1 amide bonds. The summed E-state index contributed by atoms with van der Waals surface area (Å²) in [5.74, 6) is 0.273. The number of carbonyl (C=O) groups is 2. The van der Waals surface area contributed by atoms with Gasteiger partial charge in [0.05, 0.1) is 20.3 Å². The quantitative estimate of drug-likeness (QED) is 0.566. The van der Waals surface area contributed by atoms with Crippen molar-refractivity contribution in [3.05, 3.63) is 29.8 Å². The molecule has 0 spiro atoms. The van der Waals surface area contributed by atoms with Crippen LogP contribution in [0.4, 0.5) is 0 Å². The van der Waals surface area contributed by atoms with E-state index < -0.39 is 5.97 Å². The van der Waals surface area contributed by atoms with E-state index in [2.05, 4.69) is 5.32 Å². The molecule has 7 nitrogen and oxygen atoms in total. The molecule has 0 unspecified atom stereocenters. The molecule has 25 heavy (non-hydrogen) atoms. The van der Waals surface area contributed by atoms with E-state index in [1.54, 1.807) is 31.4 Å². The van der Waals surface area contributed by atoms with Gasteiger partial charge in [-0.05, 0) is 37.1 Å². The maximum Gasteiger partial charge on any atom is 0.331 e. The van der Waals surface area contributed by atoms with Crippen LogP contribution in [-0.4, -0.2) is 52.0 Å². The molecule has 2 rings (SSSR count). The fourth-order valence-corrected chi connectivity index (χ4v) is 2.40. The molecule has 1 aromatic rings. The van der Waals surface area contributed by atoms with Gasteiger partial charge in [0.15, 0.2) is 6.61 Å². The number of methoxy groups -OCH3 is 2. The average molecular weight is 349 g/mol. The lowest BCUT2D eigenvalue weighted by molar-refractivity contribution is -0.143. The number of rotatable bonds is 8. The van der Waals surface area contributed by atoms with E-state index in [4.69, 9.17) is 18.9 Å². The van der Waals surface area contributed by atoms with Crippen LogP contribution >= 0.6 is 0 Å². The van der Waals surface area contributed by atoms with Gasteiger partial charge in [0.25, 0.3) is 5.91 Å². The standard InChI is InChI=1S/C18H23NO6/c1-22-14-6-7-16(23-2)13(10-14)5-8-18(21)25-12-17(20)19-11-15-4-3-9-24-15/h5-8,10,15H,3-4,9,11-12H2,1-2H3,(H,19,20)/b8-5+/t15-/m1/s1. The molecule has 7 heteroatoms. The molecule has 0 saturated carbocycles. The summed E-state index contributed by atoms with van der Waals surface area (Å²) in [4.78, 5) is 23.4. The largest absolute Gasteiger partial charge is 0.497 e. The Balaban J connectivity index is 1.79. The Morgan fingerprint density at radius 1 is 1.32 bits per heavy atom. The highest BCUT2D eigenvalue weighted by Gasteiger charge is 2.16. The molecular weight excluding hydrogens is 326 g/mol. The van der Waals surface area contributed by atoms with Crippen LogP contribution in [-0.2, 0) is 19.1 Å². The van der Waals surface area contributed by atoms with Crippen molar-refractivity contribution in [1.29, 1.82) is 0 Å². The molecule has 1 aliphatic heterocycles. The molecule has 136 valence electrons. The summed E-state index contributed by atoms with van der Waals surface area (Å²) in [5, 5.41) is 2.69. The third kappa shape index (κ3) is 6.11. The van der Waals surface area contributed by atoms with Crippen LogP contribution in [0.3, 0.4) is 0 Å². The molecule has 1 saturated heterocycles. The second-order valence-electron chi connectivity index (χ2n) is 5.49. The van der Waals surface area contributed by atoms with Gasteiger partial charge >= 0.3 is 5.97 Å². The molecule has 1 atom stereocenters. The first-order valence-electron chi connectivity index (χ1n) is 8.07. The van der Waals surface area contributed by atoms with Crippen LogP contribution in [0, 0.1) is 0 Å². The molecule has 1 heterocycles. The molecule has 0 aliphatic carbocycles. The number of benzene rings is 1. The monoisotopic (exact) mass is 349 g/mol. The Labute approximate surface area is 146 Å². The summed E-state index contributed by atoms with van der Waals surface area (Å²) in [6, 6.07) is 5.23. The first-order chi connectivity index (χ1) is 12.1. The van der Waals surface area contributed by atoms with Crippen LogP contribution < -0.4 is 14.8 Å². The van der Waals surface area contributed by atoms with E-state index in [0.717, 1.165) is 19.4 Å². The highest BCUT2D eigenvalue weighted by Crippen LogP contribution is 2.25. The van der Waals surface area contributed by atoms with Gasteiger partial charge in [-0.25, -0.2) is 4.79 Å². The van der Waals surface area contributed by atoms with Crippen LogP contribution in [0.1, 0.15) is 18.4 Å². The molecule has 0 radical (unpaired) electrons. The Hall–Kier alpha value is -2.54. The fraction of sp³-hybridized carbons (Fsp3) is 0.444. The van der Waals surface area contributed by atoms with Gasteiger partial charge in [0.2, 0.25) is 0 Å². The van der Waals surface area contributed by atoms with Crippen LogP contribution in [0.5, 0.6) is 11.5 Å². The summed E-state index contributed by atoms with van der Waals surface area (Å²) >= 11 is 0. The van der Waals surface area contributed by atoms with E-state index in [1.165, 1.54) is 13.2 Å². The number of ether oxygens (including phenoxy) is 4. The van der Waals surface area contributed by atoms with Crippen molar-refractivity contribution >= 4 is 18.0 Å². The third-order valence-corrected chi connectivity index (χ3v) is 3.73. The zero-order valence-corrected chi connectivity index (χ0v) is 14.4. The summed E-state index contributed by atoms with van der Waals surface area (Å²) in [7, 11) is 3.09. The van der Waals surface area contributed by atoms with Gasteiger partial charge < -0.3 is 24.3 Å². The predicted molar refractivity (Wildman–Crippen MR) is 91.5 cm³/mol. The number of amides is 1. The van der Waals surface area contributed by atoms with Gasteiger partial charge in [0.1, 0.15) is 11.5 Å². The number of hydrogen-bond acceptors (Lipinski definition) is 6. The van der Waals surface area contributed by atoms with Gasteiger partial charge in [-0.15, -0.1) is 0 Å². The van der Waals surface area contributed by atoms with Crippen molar-refractivity contribution in [2.75, 3.05) is 34.0 Å². The number of hydrogen-bond donors (Lipinski definition) is 1. The second kappa shape index (κ2) is 9.68. The molecule has 0 bridgehead atoms. The molecule has 1 fully saturated rings. The van der Waals surface area contributed by atoms with Crippen molar-refractivity contribution < 1.29 is 28.5 Å². The first kappa shape index (κ1) is 18.8. The molecule has 1 aromatic carbocycles. The van der Waals surface area contributed by atoms with Crippen molar-refractivity contribution in [3.63, 3.8) is 0 Å². The SMILES string of the molecule is COc1ccc(OC)c(/C=C/C(=O)OCC(=O)NC[C@H]2CCCO2)c1. The zero-order valence-electron chi connectivity index (χ0n) is 14.4. The maximum atomic E-state index is 11.7. The van der Waals surface area contributed by atoms with Crippen LogP contribution in [0.15, 0.2) is 24.3 Å². The Bertz CT molecular complexity index is 622. The smallest absolute Gasteiger partial charge is 0.331 e. The average Bonchev–Trinajstić information content (AvgIpc) is 3.16. The highest BCUT2D eigenvalue weighted by atomic mass is 16.5. The molecular formula is C18H23NO6. The molecule has 1 N–H and O–H groups in total. The number of esters is 1. The maximum absolute atomic E-state index is 11.7. The van der Waals surface area contributed by atoms with Gasteiger partial charge in [-0.1, -0.05) is 0 Å². The molecule has 1 aliphatic rings. The Kier molecular flexibility index (Phi) is 7.28. The summed E-state index contributed by atoms with van der Waals surface area (Å²) in [6.07, 6.45) is 4.79. The summed E-state index contributed by atoms with van der Waals surface area (Å²) in [5.41, 5.74) is 0.668. The minimum Gasteiger partial charge on any atom is -0.497 e. The first-order valence-corrected chi connectivity index (χ1v) is 8.07. The van der Waals surface area contributed by atoms with Crippen LogP contribution in [0.2, 0.25) is 0 Å². The topological polar surface area (TPSA) is 83.1 Å². The Morgan fingerprint density at radius 2 is 2.16 bits per heavy atom. The summed E-state index contributed by atoms with van der Waals surface area (Å²) in [6.45, 7) is 0.840. The van der Waals surface area contributed by atoms with Gasteiger partial charge in [0, 0.05) is 24.8 Å². The van der Waals surface area contributed by atoms with Gasteiger partial charge in [-0.3, -0.25) is 4.79 Å². The number of nitrogens with one attached hydrogen (secondary N) is 1. The van der Waals surface area contributed by atoms with Crippen molar-refractivity contribution in [3.8, 4) is 11.5 Å². The van der Waals surface area contributed by atoms with E-state index in [-0.39, 0.29) is 18.6 Å². The third-order valence-electron chi connectivity index (χ3n) is 3.73. The summed E-state index contributed by atoms with van der Waals surface area (Å²) < 4.78 is 20.7. The molecule has 0 aromatic heterocycles. The second-order valence-corrected chi connectivity index (χ2v) is 5.49.